The van der Waals surface area contributed by atoms with Crippen molar-refractivity contribution >= 4 is 24.4 Å². The number of unbranched alkanes of at least 4 members (excludes halogenated alkanes) is 2. The summed E-state index contributed by atoms with van der Waals surface area (Å²) in [6, 6.07) is 3.29. The minimum atomic E-state index is -1.09. The first-order chi connectivity index (χ1) is 20.0. The van der Waals surface area contributed by atoms with Crippen molar-refractivity contribution in [2.75, 3.05) is 13.2 Å². The Labute approximate surface area is 248 Å². The van der Waals surface area contributed by atoms with Crippen molar-refractivity contribution in [3.63, 3.8) is 0 Å². The van der Waals surface area contributed by atoms with Crippen LogP contribution in [0.3, 0.4) is 0 Å². The first kappa shape index (κ1) is 36.5. The van der Waals surface area contributed by atoms with Gasteiger partial charge in [0.15, 0.2) is 11.5 Å². The summed E-state index contributed by atoms with van der Waals surface area (Å²) in [5, 5.41) is 0. The van der Waals surface area contributed by atoms with Gasteiger partial charge in [0.25, 0.3) is 0 Å². The van der Waals surface area contributed by atoms with Crippen molar-refractivity contribution in [2.45, 2.75) is 117 Å². The number of rotatable bonds is 18. The van der Waals surface area contributed by atoms with E-state index < -0.39 is 36.6 Å². The van der Waals surface area contributed by atoms with Crippen molar-refractivity contribution in [2.24, 2.45) is 5.73 Å². The third-order valence-electron chi connectivity index (χ3n) is 5.86. The highest BCUT2D eigenvalue weighted by Gasteiger charge is 2.22. The highest BCUT2D eigenvalue weighted by molar-refractivity contribution is 5.76. The van der Waals surface area contributed by atoms with E-state index in [0.717, 1.165) is 32.1 Å². The second-order valence-corrected chi connectivity index (χ2v) is 10.1. The van der Waals surface area contributed by atoms with E-state index in [4.69, 9.17) is 38.9 Å². The summed E-state index contributed by atoms with van der Waals surface area (Å²) in [6.45, 7) is 11.0. The molecule has 238 valence electrons. The van der Waals surface area contributed by atoms with E-state index in [1.807, 2.05) is 20.8 Å². The van der Waals surface area contributed by atoms with Crippen molar-refractivity contribution in [3.05, 3.63) is 23.8 Å². The molecule has 1 rings (SSSR count). The molecular weight excluding hydrogens is 550 g/mol. The molecule has 0 saturated heterocycles. The van der Waals surface area contributed by atoms with Gasteiger partial charge >= 0.3 is 24.4 Å². The number of carbonyl (C=O) groups excluding carboxylic acids is 4. The standard InChI is InChI=1S/C30H47NO11/c1-7-10-11-16-36-28(33)40-22(6)19-37-27(32)24(31)17-23-14-15-25(41-29(34)38-20(4)12-8-2)26(18-23)42-30(35)39-21(5)13-9-3/h14-15,18,20-22,24H,7-13,16-17,19,31H2,1-6H3/t20?,21?,22-,24-/m0/s1. The minimum absolute atomic E-state index is 0.00342. The Balaban J connectivity index is 2.83. The number of esters is 1. The summed E-state index contributed by atoms with van der Waals surface area (Å²) >= 11 is 0. The molecule has 0 heterocycles. The molecule has 1 aromatic carbocycles. The smallest absolute Gasteiger partial charge is 0.461 e. The lowest BCUT2D eigenvalue weighted by Gasteiger charge is -2.17. The molecule has 0 fully saturated rings. The SMILES string of the molecule is CCCCCOC(=O)O[C@@H](C)COC(=O)[C@@H](N)Cc1ccc(OC(=O)OC(C)CCC)c(OC(=O)OC(C)CCC)c1. The van der Waals surface area contributed by atoms with Gasteiger partial charge in [-0.15, -0.1) is 0 Å². The molecule has 0 aromatic heterocycles. The molecule has 0 spiro atoms. The fourth-order valence-electron chi connectivity index (χ4n) is 3.71. The highest BCUT2D eigenvalue weighted by Crippen LogP contribution is 2.30. The molecule has 0 radical (unpaired) electrons. The zero-order valence-corrected chi connectivity index (χ0v) is 25.7. The Kier molecular flexibility index (Phi) is 17.7. The van der Waals surface area contributed by atoms with E-state index in [2.05, 4.69) is 0 Å². The summed E-state index contributed by atoms with van der Waals surface area (Å²) in [6.07, 6.45) is 1.35. The second-order valence-electron chi connectivity index (χ2n) is 10.1. The Morgan fingerprint density at radius 1 is 0.714 bits per heavy atom. The quantitative estimate of drug-likeness (QED) is 0.0879. The van der Waals surface area contributed by atoms with Gasteiger partial charge in [0, 0.05) is 0 Å². The lowest BCUT2D eigenvalue weighted by molar-refractivity contribution is -0.148. The van der Waals surface area contributed by atoms with Crippen LogP contribution in [0.2, 0.25) is 0 Å². The molecule has 2 unspecified atom stereocenters. The highest BCUT2D eigenvalue weighted by atomic mass is 16.8. The lowest BCUT2D eigenvalue weighted by atomic mass is 10.1. The topological polar surface area (TPSA) is 159 Å². The molecule has 0 aliphatic heterocycles. The maximum Gasteiger partial charge on any atom is 0.514 e. The van der Waals surface area contributed by atoms with Gasteiger partial charge < -0.3 is 38.9 Å². The molecule has 0 bridgehead atoms. The molecule has 12 nitrogen and oxygen atoms in total. The average Bonchev–Trinajstić information content (AvgIpc) is 2.91. The molecule has 4 atom stereocenters. The van der Waals surface area contributed by atoms with Crippen LogP contribution < -0.4 is 15.2 Å². The zero-order chi connectivity index (χ0) is 31.5. The number of ether oxygens (including phenoxy) is 7. The second kappa shape index (κ2) is 20.4. The number of hydrogen-bond acceptors (Lipinski definition) is 12. The number of hydrogen-bond donors (Lipinski definition) is 1. The molecule has 0 aliphatic carbocycles. The van der Waals surface area contributed by atoms with Crippen molar-refractivity contribution < 1.29 is 52.3 Å². The fourth-order valence-corrected chi connectivity index (χ4v) is 3.71. The Bertz CT molecular complexity index is 984. The van der Waals surface area contributed by atoms with Crippen LogP contribution in [0.5, 0.6) is 11.5 Å². The van der Waals surface area contributed by atoms with E-state index in [-0.39, 0.29) is 43.3 Å². The maximum absolute atomic E-state index is 12.5. The third-order valence-corrected chi connectivity index (χ3v) is 5.86. The van der Waals surface area contributed by atoms with E-state index >= 15 is 0 Å². The van der Waals surface area contributed by atoms with Gasteiger partial charge in [-0.05, 0) is 64.2 Å². The Morgan fingerprint density at radius 3 is 1.86 bits per heavy atom. The van der Waals surface area contributed by atoms with Crippen molar-refractivity contribution in [1.82, 2.24) is 0 Å². The Hall–Kier alpha value is -3.54. The number of benzene rings is 1. The zero-order valence-electron chi connectivity index (χ0n) is 25.7. The van der Waals surface area contributed by atoms with Gasteiger partial charge in [-0.3, -0.25) is 4.79 Å². The van der Waals surface area contributed by atoms with Gasteiger partial charge in [-0.1, -0.05) is 52.5 Å². The van der Waals surface area contributed by atoms with Gasteiger partial charge in [0.1, 0.15) is 31.0 Å². The number of nitrogens with two attached hydrogens (primary N) is 1. The first-order valence-corrected chi connectivity index (χ1v) is 14.6. The van der Waals surface area contributed by atoms with Crippen LogP contribution in [0.1, 0.15) is 92.1 Å². The van der Waals surface area contributed by atoms with E-state index in [9.17, 15) is 19.2 Å². The monoisotopic (exact) mass is 597 g/mol. The normalized spacial score (nSPS) is 13.6. The van der Waals surface area contributed by atoms with Gasteiger partial charge in [-0.2, -0.15) is 0 Å². The lowest BCUT2D eigenvalue weighted by Crippen LogP contribution is -2.36. The molecule has 0 aliphatic rings. The van der Waals surface area contributed by atoms with Gasteiger partial charge in [-0.25, -0.2) is 14.4 Å². The van der Waals surface area contributed by atoms with Crippen molar-refractivity contribution in [3.8, 4) is 11.5 Å². The van der Waals surface area contributed by atoms with Crippen LogP contribution in [-0.2, 0) is 34.9 Å². The summed E-state index contributed by atoms with van der Waals surface area (Å²) in [5.74, 6) is -0.913. The molecule has 42 heavy (non-hydrogen) atoms. The molecule has 12 heteroatoms. The van der Waals surface area contributed by atoms with Crippen LogP contribution in [-0.4, -0.2) is 62.0 Å². The first-order valence-electron chi connectivity index (χ1n) is 14.6. The van der Waals surface area contributed by atoms with Gasteiger partial charge in [0.05, 0.1) is 6.61 Å². The molecule has 0 amide bonds. The third kappa shape index (κ3) is 15.5. The van der Waals surface area contributed by atoms with Crippen LogP contribution >= 0.6 is 0 Å². The summed E-state index contributed by atoms with van der Waals surface area (Å²) in [7, 11) is 0. The minimum Gasteiger partial charge on any atom is -0.461 e. The summed E-state index contributed by atoms with van der Waals surface area (Å²) < 4.78 is 36.3. The fraction of sp³-hybridized carbons (Fsp3) is 0.667. The predicted octanol–water partition coefficient (Wildman–Crippen LogP) is 6.24. The summed E-state index contributed by atoms with van der Waals surface area (Å²) in [5.41, 5.74) is 6.53. The van der Waals surface area contributed by atoms with E-state index in [1.54, 1.807) is 26.8 Å². The Morgan fingerprint density at radius 2 is 1.29 bits per heavy atom. The average molecular weight is 598 g/mol. The van der Waals surface area contributed by atoms with Crippen molar-refractivity contribution in [1.29, 1.82) is 0 Å². The van der Waals surface area contributed by atoms with Crippen LogP contribution in [0, 0.1) is 0 Å². The van der Waals surface area contributed by atoms with E-state index in [1.165, 1.54) is 12.1 Å². The summed E-state index contributed by atoms with van der Waals surface area (Å²) in [4.78, 5) is 48.9. The van der Waals surface area contributed by atoms with Crippen LogP contribution in [0.25, 0.3) is 0 Å². The van der Waals surface area contributed by atoms with E-state index in [0.29, 0.717) is 18.4 Å². The largest absolute Gasteiger partial charge is 0.514 e. The predicted molar refractivity (Wildman–Crippen MR) is 153 cm³/mol. The number of carbonyl (C=O) groups is 4. The molecular formula is C30H47NO11. The molecule has 2 N–H and O–H groups in total. The van der Waals surface area contributed by atoms with Gasteiger partial charge in [0.2, 0.25) is 0 Å². The maximum atomic E-state index is 12.5. The van der Waals surface area contributed by atoms with Crippen LogP contribution in [0.4, 0.5) is 14.4 Å². The molecule has 1 aromatic rings. The molecule has 0 saturated carbocycles. The van der Waals surface area contributed by atoms with Crippen LogP contribution in [0.15, 0.2) is 18.2 Å².